The second-order valence-electron chi connectivity index (χ2n) is 5.17. The number of hydrogen-bond acceptors (Lipinski definition) is 1. The molecule has 0 bridgehead atoms. The van der Waals surface area contributed by atoms with Gasteiger partial charge in [-0.2, -0.15) is 26.3 Å². The number of carbonyl (C=O) groups excluding carboxylic acids is 1. The first kappa shape index (κ1) is 19.7. The van der Waals surface area contributed by atoms with E-state index in [2.05, 4.69) is 0 Å². The van der Waals surface area contributed by atoms with E-state index in [-0.39, 0.29) is 6.07 Å². The zero-order valence-corrected chi connectivity index (χ0v) is 12.6. The quantitative estimate of drug-likeness (QED) is 0.748. The van der Waals surface area contributed by atoms with E-state index >= 15 is 0 Å². The van der Waals surface area contributed by atoms with Gasteiger partial charge in [-0.15, -0.1) is 0 Å². The number of amides is 1. The standard InChI is InChI=1S/C16H9F8NO/c17-9-3-4-12(15(19,20)21)11(5-9)14(26)25-7-8-1-2-10(18)6-13(8)16(22,23)24/h1-6H,7H2,(H,25,26). The van der Waals surface area contributed by atoms with E-state index in [4.69, 9.17) is 0 Å². The molecular formula is C16H9F8NO. The van der Waals surface area contributed by atoms with Crippen LogP contribution in [-0.4, -0.2) is 5.91 Å². The van der Waals surface area contributed by atoms with Crippen LogP contribution in [0.15, 0.2) is 36.4 Å². The molecule has 0 fully saturated rings. The van der Waals surface area contributed by atoms with Gasteiger partial charge in [-0.05, 0) is 35.9 Å². The van der Waals surface area contributed by atoms with Crippen LogP contribution >= 0.6 is 0 Å². The average molecular weight is 383 g/mol. The number of alkyl halides is 6. The van der Waals surface area contributed by atoms with Gasteiger partial charge >= 0.3 is 12.4 Å². The van der Waals surface area contributed by atoms with Gasteiger partial charge in [-0.3, -0.25) is 4.79 Å². The number of hydrogen-bond donors (Lipinski definition) is 1. The summed E-state index contributed by atoms with van der Waals surface area (Å²) < 4.78 is 103. The Hall–Kier alpha value is -2.65. The molecule has 1 amide bonds. The first-order chi connectivity index (χ1) is 11.9. The summed E-state index contributed by atoms with van der Waals surface area (Å²) >= 11 is 0. The fourth-order valence-electron chi connectivity index (χ4n) is 2.19. The molecule has 0 radical (unpaired) electrons. The van der Waals surface area contributed by atoms with Gasteiger partial charge in [0, 0.05) is 6.54 Å². The monoisotopic (exact) mass is 383 g/mol. The first-order valence-corrected chi connectivity index (χ1v) is 6.90. The topological polar surface area (TPSA) is 29.1 Å². The van der Waals surface area contributed by atoms with Crippen molar-refractivity contribution in [3.8, 4) is 0 Å². The number of nitrogens with one attached hydrogen (secondary N) is 1. The van der Waals surface area contributed by atoms with Gasteiger partial charge in [0.05, 0.1) is 16.7 Å². The van der Waals surface area contributed by atoms with E-state index in [1.54, 1.807) is 0 Å². The summed E-state index contributed by atoms with van der Waals surface area (Å²) in [6.07, 6.45) is -9.90. The Morgan fingerprint density at radius 1 is 0.808 bits per heavy atom. The molecule has 0 saturated heterocycles. The van der Waals surface area contributed by atoms with Crippen LogP contribution < -0.4 is 5.32 Å². The van der Waals surface area contributed by atoms with Gasteiger partial charge in [-0.1, -0.05) is 6.07 Å². The second kappa shape index (κ2) is 6.93. The van der Waals surface area contributed by atoms with Crippen LogP contribution in [0.25, 0.3) is 0 Å². The van der Waals surface area contributed by atoms with Crippen LogP contribution in [0.4, 0.5) is 35.1 Å². The number of halogens is 8. The highest BCUT2D eigenvalue weighted by atomic mass is 19.4. The van der Waals surface area contributed by atoms with Crippen molar-refractivity contribution < 1.29 is 39.9 Å². The predicted octanol–water partition coefficient (Wildman–Crippen LogP) is 4.93. The van der Waals surface area contributed by atoms with E-state index in [9.17, 15) is 39.9 Å². The van der Waals surface area contributed by atoms with Crippen molar-refractivity contribution in [1.29, 1.82) is 0 Å². The third kappa shape index (κ3) is 4.50. The molecular weight excluding hydrogens is 374 g/mol. The fraction of sp³-hybridized carbons (Fsp3) is 0.188. The zero-order valence-electron chi connectivity index (χ0n) is 12.6. The van der Waals surface area contributed by atoms with Crippen molar-refractivity contribution in [3.63, 3.8) is 0 Å². The van der Waals surface area contributed by atoms with Crippen LogP contribution in [0.2, 0.25) is 0 Å². The van der Waals surface area contributed by atoms with Crippen LogP contribution in [0.1, 0.15) is 27.0 Å². The lowest BCUT2D eigenvalue weighted by molar-refractivity contribution is -0.138. The summed E-state index contributed by atoms with van der Waals surface area (Å²) in [6, 6.07) is 2.83. The highest BCUT2D eigenvalue weighted by Crippen LogP contribution is 2.34. The summed E-state index contributed by atoms with van der Waals surface area (Å²) in [6.45, 7) is -0.832. The maximum absolute atomic E-state index is 13.2. The molecule has 2 aromatic rings. The van der Waals surface area contributed by atoms with Crippen molar-refractivity contribution in [1.82, 2.24) is 5.32 Å². The normalized spacial score (nSPS) is 12.2. The van der Waals surface area contributed by atoms with Gasteiger partial charge in [0.15, 0.2) is 0 Å². The lowest BCUT2D eigenvalue weighted by Gasteiger charge is -2.15. The minimum absolute atomic E-state index is 0.199. The summed E-state index contributed by atoms with van der Waals surface area (Å²) in [7, 11) is 0. The molecule has 0 aromatic heterocycles. The molecule has 1 N–H and O–H groups in total. The fourth-order valence-corrected chi connectivity index (χ4v) is 2.19. The van der Waals surface area contributed by atoms with Crippen LogP contribution in [0, 0.1) is 11.6 Å². The first-order valence-electron chi connectivity index (χ1n) is 6.90. The van der Waals surface area contributed by atoms with E-state index in [1.165, 1.54) is 0 Å². The number of rotatable bonds is 3. The Kier molecular flexibility index (Phi) is 5.24. The Labute approximate surface area is 141 Å². The Morgan fingerprint density at radius 3 is 1.92 bits per heavy atom. The summed E-state index contributed by atoms with van der Waals surface area (Å²) in [5.74, 6) is -3.72. The van der Waals surface area contributed by atoms with E-state index in [0.29, 0.717) is 24.3 Å². The van der Waals surface area contributed by atoms with Crippen molar-refractivity contribution in [3.05, 3.63) is 70.3 Å². The molecule has 10 heteroatoms. The smallest absolute Gasteiger partial charge is 0.348 e. The highest BCUT2D eigenvalue weighted by Gasteiger charge is 2.36. The summed E-state index contributed by atoms with van der Waals surface area (Å²) in [5, 5.41) is 1.86. The zero-order chi connectivity index (χ0) is 19.7. The Balaban J connectivity index is 2.30. The van der Waals surface area contributed by atoms with Crippen molar-refractivity contribution in [2.75, 3.05) is 0 Å². The van der Waals surface area contributed by atoms with Crippen LogP contribution in [-0.2, 0) is 18.9 Å². The maximum atomic E-state index is 13.2. The average Bonchev–Trinajstić information content (AvgIpc) is 2.51. The van der Waals surface area contributed by atoms with Crippen molar-refractivity contribution in [2.24, 2.45) is 0 Å². The number of carbonyl (C=O) groups is 1. The van der Waals surface area contributed by atoms with Crippen molar-refractivity contribution in [2.45, 2.75) is 18.9 Å². The summed E-state index contributed by atoms with van der Waals surface area (Å²) in [4.78, 5) is 11.9. The molecule has 140 valence electrons. The summed E-state index contributed by atoms with van der Waals surface area (Å²) in [5.41, 5.74) is -4.45. The third-order valence-electron chi connectivity index (χ3n) is 3.35. The SMILES string of the molecule is O=C(NCc1ccc(F)cc1C(F)(F)F)c1cc(F)ccc1C(F)(F)F. The van der Waals surface area contributed by atoms with Gasteiger partial charge in [0.2, 0.25) is 0 Å². The van der Waals surface area contributed by atoms with Gasteiger partial charge in [-0.25, -0.2) is 8.78 Å². The molecule has 0 unspecified atom stereocenters. The lowest BCUT2D eigenvalue weighted by atomic mass is 10.0. The number of benzene rings is 2. The minimum Gasteiger partial charge on any atom is -0.348 e. The molecule has 2 rings (SSSR count). The highest BCUT2D eigenvalue weighted by molar-refractivity contribution is 5.95. The van der Waals surface area contributed by atoms with Gasteiger partial charge < -0.3 is 5.32 Å². The molecule has 0 saturated carbocycles. The molecule has 0 atom stereocenters. The molecule has 0 heterocycles. The van der Waals surface area contributed by atoms with Gasteiger partial charge in [0.25, 0.3) is 5.91 Å². The largest absolute Gasteiger partial charge is 0.417 e. The molecule has 0 aliphatic heterocycles. The third-order valence-corrected chi connectivity index (χ3v) is 3.35. The van der Waals surface area contributed by atoms with E-state index in [0.717, 1.165) is 6.07 Å². The van der Waals surface area contributed by atoms with Gasteiger partial charge in [0.1, 0.15) is 11.6 Å². The predicted molar refractivity (Wildman–Crippen MR) is 74.0 cm³/mol. The Morgan fingerprint density at radius 2 is 1.35 bits per heavy atom. The molecule has 2 aromatic carbocycles. The van der Waals surface area contributed by atoms with Crippen molar-refractivity contribution >= 4 is 5.91 Å². The van der Waals surface area contributed by atoms with Crippen LogP contribution in [0.3, 0.4) is 0 Å². The lowest BCUT2D eigenvalue weighted by Crippen LogP contribution is -2.27. The molecule has 26 heavy (non-hydrogen) atoms. The maximum Gasteiger partial charge on any atom is 0.417 e. The van der Waals surface area contributed by atoms with Crippen LogP contribution in [0.5, 0.6) is 0 Å². The minimum atomic E-state index is -4.96. The van der Waals surface area contributed by atoms with E-state index < -0.39 is 58.7 Å². The molecule has 0 aliphatic rings. The molecule has 0 aliphatic carbocycles. The Bertz CT molecular complexity index is 826. The molecule has 2 nitrogen and oxygen atoms in total. The molecule has 0 spiro atoms. The second-order valence-corrected chi connectivity index (χ2v) is 5.17. The van der Waals surface area contributed by atoms with E-state index in [1.807, 2.05) is 5.32 Å².